The van der Waals surface area contributed by atoms with Gasteiger partial charge < -0.3 is 9.47 Å². The summed E-state index contributed by atoms with van der Waals surface area (Å²) in [6.07, 6.45) is 14.4. The average molecular weight is 476 g/mol. The number of hydrogen-bond donors (Lipinski definition) is 0. The van der Waals surface area contributed by atoms with Crippen molar-refractivity contribution in [2.75, 3.05) is 6.61 Å². The molecule has 0 unspecified atom stereocenters. The van der Waals surface area contributed by atoms with E-state index in [4.69, 9.17) is 9.47 Å². The first-order chi connectivity index (χ1) is 17.1. The molecule has 188 valence electrons. The van der Waals surface area contributed by atoms with Crippen LogP contribution >= 0.6 is 0 Å². The summed E-state index contributed by atoms with van der Waals surface area (Å²) in [6.45, 7) is 5.15. The van der Waals surface area contributed by atoms with Gasteiger partial charge in [-0.2, -0.15) is 5.26 Å². The van der Waals surface area contributed by atoms with E-state index < -0.39 is 5.97 Å². The van der Waals surface area contributed by atoms with E-state index in [0.717, 1.165) is 30.6 Å². The molecule has 0 aliphatic heterocycles. The summed E-state index contributed by atoms with van der Waals surface area (Å²) in [7, 11) is 0. The lowest BCUT2D eigenvalue weighted by atomic mass is 9.92. The Morgan fingerprint density at radius 2 is 1.46 bits per heavy atom. The molecule has 0 N–H and O–H groups in total. The molecule has 0 spiro atoms. The molecule has 4 nitrogen and oxygen atoms in total. The third-order valence-corrected chi connectivity index (χ3v) is 7.15. The van der Waals surface area contributed by atoms with Crippen molar-refractivity contribution < 1.29 is 14.3 Å². The highest BCUT2D eigenvalue weighted by Crippen LogP contribution is 2.56. The fraction of sp³-hybridized carbons (Fsp3) is 0.548. The van der Waals surface area contributed by atoms with Gasteiger partial charge in [-0.1, -0.05) is 83.8 Å². The quantitative estimate of drug-likeness (QED) is 0.139. The standard InChI is InChI=1S/C31H41NO3/c1-3-5-7-9-10-12-22-34-28-18-20-29(21-19-28)35-30(33)25-14-16-26(17-15-25)31(24-32)23-27(31)13-11-8-6-4-2/h14-21,27H,3-13,22-23H2,1-2H3/t27-,31-/m0/s1. The van der Waals surface area contributed by atoms with Crippen molar-refractivity contribution in [2.45, 2.75) is 96.3 Å². The van der Waals surface area contributed by atoms with Crippen LogP contribution in [0, 0.1) is 17.2 Å². The van der Waals surface area contributed by atoms with Crippen LogP contribution in [0.2, 0.25) is 0 Å². The van der Waals surface area contributed by atoms with Gasteiger partial charge in [0.25, 0.3) is 0 Å². The number of esters is 1. The predicted molar refractivity (Wildman–Crippen MR) is 141 cm³/mol. The zero-order valence-electron chi connectivity index (χ0n) is 21.6. The summed E-state index contributed by atoms with van der Waals surface area (Å²) in [5.41, 5.74) is 1.13. The van der Waals surface area contributed by atoms with Crippen LogP contribution in [-0.4, -0.2) is 12.6 Å². The van der Waals surface area contributed by atoms with Gasteiger partial charge in [-0.05, 0) is 67.1 Å². The fourth-order valence-corrected chi connectivity index (χ4v) is 4.80. The lowest BCUT2D eigenvalue weighted by molar-refractivity contribution is 0.0734. The molecule has 0 saturated heterocycles. The number of ether oxygens (including phenoxy) is 2. The van der Waals surface area contributed by atoms with E-state index in [2.05, 4.69) is 19.9 Å². The highest BCUT2D eigenvalue weighted by molar-refractivity contribution is 5.91. The summed E-state index contributed by atoms with van der Waals surface area (Å²) in [5.74, 6) is 1.33. The van der Waals surface area contributed by atoms with Crippen LogP contribution < -0.4 is 9.47 Å². The second kappa shape index (κ2) is 13.9. The second-order valence-electron chi connectivity index (χ2n) is 9.89. The van der Waals surface area contributed by atoms with Crippen molar-refractivity contribution in [3.63, 3.8) is 0 Å². The minimum Gasteiger partial charge on any atom is -0.494 e. The van der Waals surface area contributed by atoms with Crippen LogP contribution in [0.1, 0.15) is 107 Å². The van der Waals surface area contributed by atoms with Crippen molar-refractivity contribution >= 4 is 5.97 Å². The summed E-state index contributed by atoms with van der Waals surface area (Å²) in [5, 5.41) is 9.84. The van der Waals surface area contributed by atoms with Gasteiger partial charge in [-0.3, -0.25) is 0 Å². The van der Waals surface area contributed by atoms with Crippen molar-refractivity contribution in [1.29, 1.82) is 5.26 Å². The van der Waals surface area contributed by atoms with Crippen molar-refractivity contribution in [1.82, 2.24) is 0 Å². The van der Waals surface area contributed by atoms with Crippen LogP contribution in [0.25, 0.3) is 0 Å². The molecular weight excluding hydrogens is 434 g/mol. The van der Waals surface area contributed by atoms with E-state index in [9.17, 15) is 10.1 Å². The van der Waals surface area contributed by atoms with Gasteiger partial charge in [0.2, 0.25) is 0 Å². The molecule has 2 aromatic carbocycles. The van der Waals surface area contributed by atoms with Gasteiger partial charge in [0.05, 0.1) is 23.7 Å². The Morgan fingerprint density at radius 1 is 0.857 bits per heavy atom. The van der Waals surface area contributed by atoms with Crippen molar-refractivity contribution in [3.05, 3.63) is 59.7 Å². The van der Waals surface area contributed by atoms with Gasteiger partial charge in [-0.25, -0.2) is 4.79 Å². The van der Waals surface area contributed by atoms with Crippen LogP contribution in [-0.2, 0) is 5.41 Å². The molecule has 1 fully saturated rings. The number of benzene rings is 2. The number of carbonyl (C=O) groups excluding carboxylic acids is 1. The van der Waals surface area contributed by atoms with Gasteiger partial charge in [0.1, 0.15) is 11.5 Å². The first-order valence-corrected chi connectivity index (χ1v) is 13.6. The number of rotatable bonds is 16. The highest BCUT2D eigenvalue weighted by atomic mass is 16.5. The topological polar surface area (TPSA) is 59.3 Å². The summed E-state index contributed by atoms with van der Waals surface area (Å²) < 4.78 is 11.3. The third kappa shape index (κ3) is 7.85. The summed E-state index contributed by atoms with van der Waals surface area (Å²) in [6, 6.07) is 17.2. The molecule has 0 radical (unpaired) electrons. The Hall–Kier alpha value is -2.80. The Kier molecular flexibility index (Phi) is 10.7. The number of nitriles is 1. The summed E-state index contributed by atoms with van der Waals surface area (Å²) in [4.78, 5) is 12.6. The van der Waals surface area contributed by atoms with E-state index in [1.54, 1.807) is 24.3 Å². The fourth-order valence-electron chi connectivity index (χ4n) is 4.80. The van der Waals surface area contributed by atoms with Crippen LogP contribution in [0.5, 0.6) is 11.5 Å². The van der Waals surface area contributed by atoms with Gasteiger partial charge in [0.15, 0.2) is 0 Å². The smallest absolute Gasteiger partial charge is 0.343 e. The molecule has 1 aliphatic rings. The number of unbranched alkanes of at least 4 members (excludes halogenated alkanes) is 8. The van der Waals surface area contributed by atoms with Crippen LogP contribution in [0.4, 0.5) is 0 Å². The second-order valence-corrected chi connectivity index (χ2v) is 9.89. The molecule has 2 atom stereocenters. The normalized spacial score (nSPS) is 18.6. The first kappa shape index (κ1) is 26.8. The van der Waals surface area contributed by atoms with E-state index >= 15 is 0 Å². The third-order valence-electron chi connectivity index (χ3n) is 7.15. The molecule has 3 rings (SSSR count). The van der Waals surface area contributed by atoms with Crippen LogP contribution in [0.15, 0.2) is 48.5 Å². The SMILES string of the molecule is CCCCCCCCOc1ccc(OC(=O)c2ccc([C@@]3(C#N)C[C@@H]3CCCCCC)cc2)cc1. The van der Waals surface area contributed by atoms with Gasteiger partial charge in [0, 0.05) is 0 Å². The van der Waals surface area contributed by atoms with E-state index in [1.807, 2.05) is 24.3 Å². The maximum absolute atomic E-state index is 12.6. The Morgan fingerprint density at radius 3 is 2.11 bits per heavy atom. The minimum atomic E-state index is -0.393. The maximum Gasteiger partial charge on any atom is 0.343 e. The lowest BCUT2D eigenvalue weighted by Gasteiger charge is -2.11. The largest absolute Gasteiger partial charge is 0.494 e. The average Bonchev–Trinajstić information content (AvgIpc) is 3.61. The molecule has 1 aliphatic carbocycles. The minimum absolute atomic E-state index is 0.375. The van der Waals surface area contributed by atoms with Gasteiger partial charge >= 0.3 is 5.97 Å². The van der Waals surface area contributed by atoms with Crippen LogP contribution in [0.3, 0.4) is 0 Å². The monoisotopic (exact) mass is 475 g/mol. The highest BCUT2D eigenvalue weighted by Gasteiger charge is 2.55. The Balaban J connectivity index is 1.44. The molecule has 4 heteroatoms. The van der Waals surface area contributed by atoms with Gasteiger partial charge in [-0.15, -0.1) is 0 Å². The van der Waals surface area contributed by atoms with E-state index in [1.165, 1.54) is 57.8 Å². The molecule has 0 amide bonds. The number of nitrogens with zero attached hydrogens (tertiary/aromatic N) is 1. The zero-order chi connectivity index (χ0) is 24.9. The molecule has 35 heavy (non-hydrogen) atoms. The maximum atomic E-state index is 12.6. The summed E-state index contributed by atoms with van der Waals surface area (Å²) >= 11 is 0. The zero-order valence-corrected chi connectivity index (χ0v) is 21.6. The number of hydrogen-bond acceptors (Lipinski definition) is 4. The van der Waals surface area contributed by atoms with Crippen molar-refractivity contribution in [3.8, 4) is 17.6 Å². The molecule has 1 saturated carbocycles. The molecule has 2 aromatic rings. The Bertz CT molecular complexity index is 945. The Labute approximate surface area is 211 Å². The molecule has 0 aromatic heterocycles. The lowest BCUT2D eigenvalue weighted by Crippen LogP contribution is -2.11. The van der Waals surface area contributed by atoms with E-state index in [0.29, 0.717) is 23.8 Å². The molecule has 0 heterocycles. The van der Waals surface area contributed by atoms with Crippen molar-refractivity contribution in [2.24, 2.45) is 5.92 Å². The first-order valence-electron chi connectivity index (χ1n) is 13.6. The molecular formula is C31H41NO3. The molecule has 0 bridgehead atoms. The predicted octanol–water partition coefficient (Wildman–Crippen LogP) is 8.40. The number of carbonyl (C=O) groups is 1. The van der Waals surface area contributed by atoms with E-state index in [-0.39, 0.29) is 5.41 Å².